The van der Waals surface area contributed by atoms with Gasteiger partial charge in [0.25, 0.3) is 0 Å². The van der Waals surface area contributed by atoms with Crippen LogP contribution in [0.3, 0.4) is 0 Å². The Labute approximate surface area is 119 Å². The van der Waals surface area contributed by atoms with Crippen molar-refractivity contribution < 1.29 is 9.47 Å². The number of aryl methyl sites for hydroxylation is 1. The molecule has 1 saturated heterocycles. The average Bonchev–Trinajstić information content (AvgIpc) is 2.40. The Balaban J connectivity index is 2.13. The van der Waals surface area contributed by atoms with Crippen molar-refractivity contribution in [3.05, 3.63) is 59.2 Å². The molecule has 0 aliphatic carbocycles. The summed E-state index contributed by atoms with van der Waals surface area (Å²) >= 11 is 0. The largest absolute Gasteiger partial charge is 0.496 e. The second kappa shape index (κ2) is 4.84. The first-order valence-corrected chi connectivity index (χ1v) is 6.74. The molecule has 3 heteroatoms. The van der Waals surface area contributed by atoms with Crippen molar-refractivity contribution in [3.63, 3.8) is 0 Å². The molecule has 2 aromatic carbocycles. The molecular formula is C17H19NO2. The summed E-state index contributed by atoms with van der Waals surface area (Å²) < 4.78 is 11.1. The number of ether oxygens (including phenoxy) is 2. The summed E-state index contributed by atoms with van der Waals surface area (Å²) in [7, 11) is 1.71. The Kier molecular flexibility index (Phi) is 3.14. The number of nitrogen functional groups attached to an aromatic ring is 1. The first-order valence-electron chi connectivity index (χ1n) is 6.74. The summed E-state index contributed by atoms with van der Waals surface area (Å²) in [5.41, 5.74) is 10.1. The number of methoxy groups -OCH3 is 1. The van der Waals surface area contributed by atoms with E-state index in [0.717, 1.165) is 11.4 Å². The van der Waals surface area contributed by atoms with Gasteiger partial charge in [-0.15, -0.1) is 0 Å². The van der Waals surface area contributed by atoms with Gasteiger partial charge in [-0.3, -0.25) is 0 Å². The fourth-order valence-electron chi connectivity index (χ4n) is 2.78. The molecule has 1 fully saturated rings. The second-order valence-electron chi connectivity index (χ2n) is 5.40. The SMILES string of the molecule is COc1ccc(C)cc1C1(c2ccc(N)cc2)COC1. The first-order chi connectivity index (χ1) is 9.65. The smallest absolute Gasteiger partial charge is 0.123 e. The van der Waals surface area contributed by atoms with E-state index in [1.165, 1.54) is 16.7 Å². The molecule has 0 saturated carbocycles. The van der Waals surface area contributed by atoms with Gasteiger partial charge in [0.2, 0.25) is 0 Å². The van der Waals surface area contributed by atoms with E-state index >= 15 is 0 Å². The highest BCUT2D eigenvalue weighted by atomic mass is 16.5. The third-order valence-electron chi connectivity index (χ3n) is 4.03. The highest BCUT2D eigenvalue weighted by molar-refractivity contribution is 5.52. The zero-order valence-corrected chi connectivity index (χ0v) is 11.8. The molecule has 0 radical (unpaired) electrons. The molecule has 104 valence electrons. The van der Waals surface area contributed by atoms with E-state index in [-0.39, 0.29) is 5.41 Å². The minimum atomic E-state index is -0.120. The van der Waals surface area contributed by atoms with Gasteiger partial charge in [-0.1, -0.05) is 29.8 Å². The standard InChI is InChI=1S/C17H19NO2/c1-12-3-8-16(19-2)15(9-12)17(10-20-11-17)13-4-6-14(18)7-5-13/h3-9H,10-11,18H2,1-2H3. The highest BCUT2D eigenvalue weighted by Gasteiger charge is 2.44. The van der Waals surface area contributed by atoms with Gasteiger partial charge in [-0.05, 0) is 30.7 Å². The van der Waals surface area contributed by atoms with E-state index < -0.39 is 0 Å². The number of rotatable bonds is 3. The van der Waals surface area contributed by atoms with Gasteiger partial charge in [-0.2, -0.15) is 0 Å². The van der Waals surface area contributed by atoms with Gasteiger partial charge in [0.15, 0.2) is 0 Å². The maximum Gasteiger partial charge on any atom is 0.123 e. The van der Waals surface area contributed by atoms with Gasteiger partial charge in [0.1, 0.15) is 5.75 Å². The van der Waals surface area contributed by atoms with E-state index in [2.05, 4.69) is 31.2 Å². The molecule has 0 amide bonds. The van der Waals surface area contributed by atoms with Crippen LogP contribution in [0.5, 0.6) is 5.75 Å². The van der Waals surface area contributed by atoms with Crippen LogP contribution in [0.15, 0.2) is 42.5 Å². The molecule has 0 unspecified atom stereocenters. The fraction of sp³-hybridized carbons (Fsp3) is 0.294. The third kappa shape index (κ3) is 1.95. The van der Waals surface area contributed by atoms with E-state index in [1.54, 1.807) is 7.11 Å². The van der Waals surface area contributed by atoms with Crippen LogP contribution in [-0.4, -0.2) is 20.3 Å². The molecule has 3 nitrogen and oxygen atoms in total. The van der Waals surface area contributed by atoms with Crippen LogP contribution >= 0.6 is 0 Å². The number of anilines is 1. The molecule has 0 aromatic heterocycles. The molecule has 1 aliphatic rings. The number of nitrogens with two attached hydrogens (primary N) is 1. The molecule has 0 atom stereocenters. The molecular weight excluding hydrogens is 250 g/mol. The normalized spacial score (nSPS) is 16.5. The topological polar surface area (TPSA) is 44.5 Å². The lowest BCUT2D eigenvalue weighted by Gasteiger charge is -2.43. The first kappa shape index (κ1) is 13.0. The summed E-state index contributed by atoms with van der Waals surface area (Å²) in [6, 6.07) is 14.3. The van der Waals surface area contributed by atoms with Crippen LogP contribution in [-0.2, 0) is 10.2 Å². The Hall–Kier alpha value is -2.00. The summed E-state index contributed by atoms with van der Waals surface area (Å²) in [4.78, 5) is 0. The van der Waals surface area contributed by atoms with Crippen LogP contribution in [0.25, 0.3) is 0 Å². The van der Waals surface area contributed by atoms with Crippen LogP contribution < -0.4 is 10.5 Å². The fourth-order valence-corrected chi connectivity index (χ4v) is 2.78. The van der Waals surface area contributed by atoms with Gasteiger partial charge < -0.3 is 15.2 Å². The monoisotopic (exact) mass is 269 g/mol. The zero-order chi connectivity index (χ0) is 14.2. The zero-order valence-electron chi connectivity index (χ0n) is 11.8. The summed E-state index contributed by atoms with van der Waals surface area (Å²) in [5.74, 6) is 0.913. The molecule has 2 aromatic rings. The number of hydrogen-bond acceptors (Lipinski definition) is 3. The lowest BCUT2D eigenvalue weighted by Crippen LogP contribution is -2.47. The number of hydrogen-bond donors (Lipinski definition) is 1. The molecule has 1 heterocycles. The highest BCUT2D eigenvalue weighted by Crippen LogP contribution is 2.43. The van der Waals surface area contributed by atoms with E-state index in [9.17, 15) is 0 Å². The van der Waals surface area contributed by atoms with Crippen LogP contribution in [0.4, 0.5) is 5.69 Å². The van der Waals surface area contributed by atoms with Gasteiger partial charge in [-0.25, -0.2) is 0 Å². The van der Waals surface area contributed by atoms with Crippen molar-refractivity contribution in [2.45, 2.75) is 12.3 Å². The van der Waals surface area contributed by atoms with E-state index in [0.29, 0.717) is 13.2 Å². The maximum atomic E-state index is 5.79. The summed E-state index contributed by atoms with van der Waals surface area (Å²) in [6.45, 7) is 3.45. The van der Waals surface area contributed by atoms with E-state index in [4.69, 9.17) is 15.2 Å². The van der Waals surface area contributed by atoms with Crippen molar-refractivity contribution in [3.8, 4) is 5.75 Å². The van der Waals surface area contributed by atoms with Crippen molar-refractivity contribution in [1.29, 1.82) is 0 Å². The van der Waals surface area contributed by atoms with Crippen LogP contribution in [0.1, 0.15) is 16.7 Å². The molecule has 20 heavy (non-hydrogen) atoms. The van der Waals surface area contributed by atoms with Crippen molar-refractivity contribution >= 4 is 5.69 Å². The van der Waals surface area contributed by atoms with Crippen molar-refractivity contribution in [2.24, 2.45) is 0 Å². The minimum Gasteiger partial charge on any atom is -0.496 e. The Morgan fingerprint density at radius 1 is 1.10 bits per heavy atom. The maximum absolute atomic E-state index is 5.79. The minimum absolute atomic E-state index is 0.120. The number of benzene rings is 2. The van der Waals surface area contributed by atoms with Crippen molar-refractivity contribution in [2.75, 3.05) is 26.1 Å². The Bertz CT molecular complexity index is 615. The second-order valence-corrected chi connectivity index (χ2v) is 5.40. The molecule has 1 aliphatic heterocycles. The summed E-state index contributed by atoms with van der Waals surface area (Å²) in [6.07, 6.45) is 0. The van der Waals surface area contributed by atoms with Crippen LogP contribution in [0, 0.1) is 6.92 Å². The Morgan fingerprint density at radius 2 is 1.80 bits per heavy atom. The Morgan fingerprint density at radius 3 is 2.35 bits per heavy atom. The third-order valence-corrected chi connectivity index (χ3v) is 4.03. The predicted molar refractivity (Wildman–Crippen MR) is 80.2 cm³/mol. The van der Waals surface area contributed by atoms with Gasteiger partial charge >= 0.3 is 0 Å². The molecule has 2 N–H and O–H groups in total. The van der Waals surface area contributed by atoms with Gasteiger partial charge in [0.05, 0.1) is 25.7 Å². The summed E-state index contributed by atoms with van der Waals surface area (Å²) in [5, 5.41) is 0. The average molecular weight is 269 g/mol. The molecule has 0 spiro atoms. The molecule has 0 bridgehead atoms. The lowest BCUT2D eigenvalue weighted by atomic mass is 9.72. The van der Waals surface area contributed by atoms with Gasteiger partial charge in [0, 0.05) is 11.3 Å². The van der Waals surface area contributed by atoms with E-state index in [1.807, 2.05) is 18.2 Å². The quantitative estimate of drug-likeness (QED) is 0.871. The predicted octanol–water partition coefficient (Wildman–Crippen LogP) is 2.90. The molecule has 3 rings (SSSR count). The van der Waals surface area contributed by atoms with Crippen molar-refractivity contribution in [1.82, 2.24) is 0 Å². The lowest BCUT2D eigenvalue weighted by molar-refractivity contribution is -0.0389. The van der Waals surface area contributed by atoms with Crippen LogP contribution in [0.2, 0.25) is 0 Å².